The van der Waals surface area contributed by atoms with Crippen LogP contribution in [0.5, 0.6) is 0 Å². The van der Waals surface area contributed by atoms with Crippen LogP contribution >= 0.6 is 11.3 Å². The van der Waals surface area contributed by atoms with E-state index in [9.17, 15) is 4.79 Å². The smallest absolute Gasteiger partial charge is 0.274 e. The Kier molecular flexibility index (Phi) is 3.48. The van der Waals surface area contributed by atoms with Gasteiger partial charge >= 0.3 is 0 Å². The van der Waals surface area contributed by atoms with E-state index in [2.05, 4.69) is 5.10 Å². The van der Waals surface area contributed by atoms with Gasteiger partial charge in [0.1, 0.15) is 4.83 Å². The van der Waals surface area contributed by atoms with Gasteiger partial charge in [0.15, 0.2) is 0 Å². The van der Waals surface area contributed by atoms with Gasteiger partial charge in [-0.25, -0.2) is 9.75 Å². The number of benzene rings is 1. The number of carbonyl (C=O) groups is 1. The van der Waals surface area contributed by atoms with E-state index in [1.807, 2.05) is 48.0 Å². The van der Waals surface area contributed by atoms with Crippen molar-refractivity contribution < 1.29 is 9.63 Å². The Hall–Kier alpha value is -2.18. The molecule has 0 bridgehead atoms. The fraction of sp³-hybridized carbons (Fsp3) is 0.200. The Morgan fingerprint density at radius 2 is 2.05 bits per heavy atom. The SMILES string of the molecule is CON(C)C(=O)c1cc2c(C)nn(-c3ccccc3)c2s1. The molecule has 0 aliphatic rings. The summed E-state index contributed by atoms with van der Waals surface area (Å²) >= 11 is 1.42. The highest BCUT2D eigenvalue weighted by Crippen LogP contribution is 2.30. The van der Waals surface area contributed by atoms with Gasteiger partial charge in [-0.2, -0.15) is 5.10 Å². The molecule has 2 aromatic heterocycles. The molecule has 3 rings (SSSR count). The normalized spacial score (nSPS) is 11.0. The van der Waals surface area contributed by atoms with Crippen molar-refractivity contribution in [3.8, 4) is 5.69 Å². The first kappa shape index (κ1) is 13.8. The Morgan fingerprint density at radius 1 is 1.33 bits per heavy atom. The molecule has 0 aliphatic heterocycles. The first-order chi connectivity index (χ1) is 10.1. The summed E-state index contributed by atoms with van der Waals surface area (Å²) in [7, 11) is 3.07. The summed E-state index contributed by atoms with van der Waals surface area (Å²) < 4.78 is 1.87. The molecule has 0 saturated carbocycles. The summed E-state index contributed by atoms with van der Waals surface area (Å²) in [6.45, 7) is 1.95. The zero-order chi connectivity index (χ0) is 15.0. The van der Waals surface area contributed by atoms with Crippen molar-refractivity contribution in [2.45, 2.75) is 6.92 Å². The van der Waals surface area contributed by atoms with Gasteiger partial charge in [0.05, 0.1) is 23.4 Å². The van der Waals surface area contributed by atoms with E-state index in [0.29, 0.717) is 4.88 Å². The van der Waals surface area contributed by atoms with Crippen LogP contribution in [0.3, 0.4) is 0 Å². The first-order valence-electron chi connectivity index (χ1n) is 6.48. The van der Waals surface area contributed by atoms with E-state index < -0.39 is 0 Å². The molecule has 0 unspecified atom stereocenters. The lowest BCUT2D eigenvalue weighted by atomic mass is 10.3. The third-order valence-electron chi connectivity index (χ3n) is 3.32. The van der Waals surface area contributed by atoms with E-state index in [1.165, 1.54) is 23.5 Å². The summed E-state index contributed by atoms with van der Waals surface area (Å²) in [5, 5.41) is 6.78. The highest BCUT2D eigenvalue weighted by Gasteiger charge is 2.19. The molecule has 0 fully saturated rings. The molecule has 0 N–H and O–H groups in total. The molecule has 3 aromatic rings. The van der Waals surface area contributed by atoms with Crippen LogP contribution in [0.25, 0.3) is 15.9 Å². The van der Waals surface area contributed by atoms with E-state index in [1.54, 1.807) is 7.05 Å². The zero-order valence-corrected chi connectivity index (χ0v) is 12.8. The number of para-hydroxylation sites is 1. The van der Waals surface area contributed by atoms with Gasteiger partial charge in [0.25, 0.3) is 5.91 Å². The summed E-state index contributed by atoms with van der Waals surface area (Å²) in [5.41, 5.74) is 1.89. The van der Waals surface area contributed by atoms with Gasteiger partial charge in [0, 0.05) is 12.4 Å². The van der Waals surface area contributed by atoms with Crippen molar-refractivity contribution >= 4 is 27.5 Å². The second kappa shape index (κ2) is 5.31. The second-order valence-electron chi connectivity index (χ2n) is 4.65. The number of fused-ring (bicyclic) bond motifs is 1. The monoisotopic (exact) mass is 301 g/mol. The quantitative estimate of drug-likeness (QED) is 0.699. The van der Waals surface area contributed by atoms with Crippen LogP contribution in [0.15, 0.2) is 36.4 Å². The summed E-state index contributed by atoms with van der Waals surface area (Å²) in [6.07, 6.45) is 0. The largest absolute Gasteiger partial charge is 0.287 e. The predicted molar refractivity (Wildman–Crippen MR) is 82.8 cm³/mol. The number of aromatic nitrogens is 2. The first-order valence-corrected chi connectivity index (χ1v) is 7.30. The molecule has 0 aliphatic carbocycles. The topological polar surface area (TPSA) is 47.4 Å². The van der Waals surface area contributed by atoms with E-state index in [0.717, 1.165) is 21.6 Å². The number of hydrogen-bond donors (Lipinski definition) is 0. The van der Waals surface area contributed by atoms with Crippen LogP contribution in [0.4, 0.5) is 0 Å². The van der Waals surface area contributed by atoms with Gasteiger partial charge in [-0.3, -0.25) is 9.63 Å². The molecule has 0 saturated heterocycles. The molecule has 0 atom stereocenters. The Balaban J connectivity index is 2.13. The second-order valence-corrected chi connectivity index (χ2v) is 5.68. The minimum Gasteiger partial charge on any atom is -0.274 e. The molecule has 6 heteroatoms. The van der Waals surface area contributed by atoms with Gasteiger partial charge < -0.3 is 0 Å². The van der Waals surface area contributed by atoms with Crippen molar-refractivity contribution in [3.63, 3.8) is 0 Å². The highest BCUT2D eigenvalue weighted by molar-refractivity contribution is 7.20. The van der Waals surface area contributed by atoms with Crippen LogP contribution < -0.4 is 0 Å². The number of aryl methyl sites for hydroxylation is 1. The summed E-state index contributed by atoms with van der Waals surface area (Å²) in [6, 6.07) is 11.8. The van der Waals surface area contributed by atoms with Crippen molar-refractivity contribution in [1.29, 1.82) is 0 Å². The van der Waals surface area contributed by atoms with Gasteiger partial charge in [-0.15, -0.1) is 11.3 Å². The Labute approximate surface area is 126 Å². The van der Waals surface area contributed by atoms with Crippen LogP contribution in [0.2, 0.25) is 0 Å². The van der Waals surface area contributed by atoms with Crippen molar-refractivity contribution in [1.82, 2.24) is 14.8 Å². The lowest BCUT2D eigenvalue weighted by Gasteiger charge is -2.11. The van der Waals surface area contributed by atoms with Crippen LogP contribution in [0.1, 0.15) is 15.4 Å². The summed E-state index contributed by atoms with van der Waals surface area (Å²) in [5.74, 6) is -0.155. The zero-order valence-electron chi connectivity index (χ0n) is 12.0. The standard InChI is InChI=1S/C15H15N3O2S/c1-10-12-9-13(14(19)17(2)20-3)21-15(12)18(16-10)11-7-5-4-6-8-11/h4-9H,1-3H3. The molecular weight excluding hydrogens is 286 g/mol. The predicted octanol–water partition coefficient (Wildman–Crippen LogP) is 3.03. The third-order valence-corrected chi connectivity index (χ3v) is 4.41. The van der Waals surface area contributed by atoms with E-state index in [4.69, 9.17) is 4.84 Å². The molecule has 0 radical (unpaired) electrons. The Bertz CT molecular complexity index is 792. The van der Waals surface area contributed by atoms with Crippen LogP contribution in [0, 0.1) is 6.92 Å². The fourth-order valence-corrected chi connectivity index (χ4v) is 3.29. The van der Waals surface area contributed by atoms with Crippen molar-refractivity contribution in [3.05, 3.63) is 47.0 Å². The number of rotatable bonds is 3. The number of nitrogens with zero attached hydrogens (tertiary/aromatic N) is 3. The number of amides is 1. The maximum absolute atomic E-state index is 12.2. The van der Waals surface area contributed by atoms with E-state index in [-0.39, 0.29) is 5.91 Å². The lowest BCUT2D eigenvalue weighted by Crippen LogP contribution is -2.24. The molecule has 2 heterocycles. The van der Waals surface area contributed by atoms with E-state index >= 15 is 0 Å². The minimum absolute atomic E-state index is 0.155. The molecule has 1 aromatic carbocycles. The van der Waals surface area contributed by atoms with Crippen LogP contribution in [-0.4, -0.2) is 34.9 Å². The number of hydrogen-bond acceptors (Lipinski definition) is 4. The molecular formula is C15H15N3O2S. The molecule has 108 valence electrons. The molecule has 0 spiro atoms. The van der Waals surface area contributed by atoms with Crippen molar-refractivity contribution in [2.75, 3.05) is 14.2 Å². The maximum atomic E-state index is 12.2. The number of thiophene rings is 1. The fourth-order valence-electron chi connectivity index (χ4n) is 2.13. The number of hydroxylamine groups is 2. The maximum Gasteiger partial charge on any atom is 0.287 e. The number of carbonyl (C=O) groups excluding carboxylic acids is 1. The van der Waals surface area contributed by atoms with Gasteiger partial charge in [0.2, 0.25) is 0 Å². The van der Waals surface area contributed by atoms with Crippen molar-refractivity contribution in [2.24, 2.45) is 0 Å². The van der Waals surface area contributed by atoms with Crippen LogP contribution in [-0.2, 0) is 4.84 Å². The molecule has 5 nitrogen and oxygen atoms in total. The minimum atomic E-state index is -0.155. The summed E-state index contributed by atoms with van der Waals surface area (Å²) in [4.78, 5) is 18.7. The lowest BCUT2D eigenvalue weighted by molar-refractivity contribution is -0.0753. The average molecular weight is 301 g/mol. The Morgan fingerprint density at radius 3 is 2.71 bits per heavy atom. The molecule has 21 heavy (non-hydrogen) atoms. The molecule has 1 amide bonds. The average Bonchev–Trinajstić information content (AvgIpc) is 3.07. The van der Waals surface area contributed by atoms with Gasteiger partial charge in [-0.1, -0.05) is 18.2 Å². The third kappa shape index (κ3) is 2.32. The van der Waals surface area contributed by atoms with Gasteiger partial charge in [-0.05, 0) is 25.1 Å². The highest BCUT2D eigenvalue weighted by atomic mass is 32.1.